The van der Waals surface area contributed by atoms with Crippen molar-refractivity contribution in [3.05, 3.63) is 68.8 Å². The average Bonchev–Trinajstić information content (AvgIpc) is 2.84. The first kappa shape index (κ1) is 27.0. The van der Waals surface area contributed by atoms with Crippen LogP contribution >= 0.6 is 15.9 Å². The second kappa shape index (κ2) is 12.4. The number of nitrogens with zero attached hydrogens (tertiary/aromatic N) is 1. The predicted molar refractivity (Wildman–Crippen MR) is 138 cm³/mol. The number of carbonyl (C=O) groups is 2. The maximum Gasteiger partial charge on any atom is 0.337 e. The lowest BCUT2D eigenvalue weighted by Crippen LogP contribution is -2.45. The van der Waals surface area contributed by atoms with E-state index in [1.807, 2.05) is 32.0 Å². The second-order valence-corrected chi connectivity index (χ2v) is 8.78. The highest BCUT2D eigenvalue weighted by molar-refractivity contribution is 9.10. The van der Waals surface area contributed by atoms with Crippen LogP contribution in [0.5, 0.6) is 11.5 Å². The van der Waals surface area contributed by atoms with Crippen molar-refractivity contribution in [3.8, 4) is 11.5 Å². The summed E-state index contributed by atoms with van der Waals surface area (Å²) in [6, 6.07) is 9.67. The van der Waals surface area contributed by atoms with Gasteiger partial charge in [-0.2, -0.15) is 5.10 Å². The van der Waals surface area contributed by atoms with Gasteiger partial charge in [0.05, 0.1) is 31.5 Å². The quantitative estimate of drug-likeness (QED) is 0.152. The van der Waals surface area contributed by atoms with E-state index in [4.69, 9.17) is 14.2 Å². The molecule has 10 nitrogen and oxygen atoms in total. The number of esters is 1. The highest BCUT2D eigenvalue weighted by atomic mass is 79.9. The van der Waals surface area contributed by atoms with E-state index in [0.717, 1.165) is 15.6 Å². The van der Waals surface area contributed by atoms with E-state index in [9.17, 15) is 14.7 Å². The number of hydrazone groups is 1. The number of nitrogens with one attached hydrogen (secondary N) is 3. The number of ether oxygens (including phenoxy) is 3. The molecule has 0 spiro atoms. The van der Waals surface area contributed by atoms with Crippen molar-refractivity contribution in [2.75, 3.05) is 20.3 Å². The number of aryl methyl sites for hydroxylation is 1. The molecule has 0 radical (unpaired) electrons. The van der Waals surface area contributed by atoms with Gasteiger partial charge in [0.1, 0.15) is 6.61 Å². The molecule has 11 heteroatoms. The van der Waals surface area contributed by atoms with Crippen LogP contribution in [0, 0.1) is 6.92 Å². The molecule has 1 aliphatic heterocycles. The Morgan fingerprint density at radius 2 is 2.00 bits per heavy atom. The van der Waals surface area contributed by atoms with Gasteiger partial charge in [0.15, 0.2) is 17.7 Å². The lowest BCUT2D eigenvalue weighted by molar-refractivity contribution is -0.136. The summed E-state index contributed by atoms with van der Waals surface area (Å²) < 4.78 is 17.3. The normalized spacial score (nSPS) is 16.3. The largest absolute Gasteiger partial charge is 0.490 e. The van der Waals surface area contributed by atoms with Crippen LogP contribution in [0.25, 0.3) is 0 Å². The molecular weight excluding hydrogens is 532 g/mol. The Hall–Kier alpha value is -3.57. The molecule has 0 unspecified atom stereocenters. The monoisotopic (exact) mass is 560 g/mol. The van der Waals surface area contributed by atoms with Gasteiger partial charge in [-0.3, -0.25) is 5.43 Å². The standard InChI is InChI=1S/C25H29BrN4O6/c1-5-35-20-11-17(23-22(24(32)34-4)15(3)28-25(33)29-23)8-9-19(20)36-13-21(31)30-27-12-16-7-6-14(2)18(26)10-16/h6-12,21,23,30-31H,5,13H2,1-4H3,(H2,28,29,33)/b27-12+/t21-,23+/m1/s1. The summed E-state index contributed by atoms with van der Waals surface area (Å²) in [5, 5.41) is 19.6. The smallest absolute Gasteiger partial charge is 0.337 e. The highest BCUT2D eigenvalue weighted by Crippen LogP contribution is 2.34. The third-order valence-corrected chi connectivity index (χ3v) is 6.16. The third kappa shape index (κ3) is 6.76. The van der Waals surface area contributed by atoms with Gasteiger partial charge in [0, 0.05) is 10.2 Å². The number of aliphatic hydroxyl groups is 1. The van der Waals surface area contributed by atoms with Crippen LogP contribution in [0.4, 0.5) is 4.79 Å². The molecule has 0 bridgehead atoms. The molecule has 0 saturated heterocycles. The maximum atomic E-state index is 12.4. The van der Waals surface area contributed by atoms with Crippen molar-refractivity contribution in [3.63, 3.8) is 0 Å². The van der Waals surface area contributed by atoms with Crippen LogP contribution < -0.4 is 25.5 Å². The van der Waals surface area contributed by atoms with Gasteiger partial charge < -0.3 is 30.0 Å². The van der Waals surface area contributed by atoms with Crippen molar-refractivity contribution < 1.29 is 28.9 Å². The summed E-state index contributed by atoms with van der Waals surface area (Å²) >= 11 is 3.47. The van der Waals surface area contributed by atoms with Gasteiger partial charge in [-0.05, 0) is 55.7 Å². The number of hydrogen-bond acceptors (Lipinski definition) is 8. The molecule has 1 aliphatic rings. The van der Waals surface area contributed by atoms with Crippen LogP contribution in [0.3, 0.4) is 0 Å². The topological polar surface area (TPSA) is 131 Å². The van der Waals surface area contributed by atoms with Crippen LogP contribution in [0.15, 0.2) is 57.2 Å². The third-order valence-electron chi connectivity index (χ3n) is 5.31. The summed E-state index contributed by atoms with van der Waals surface area (Å²) in [6.45, 7) is 5.69. The average molecular weight is 561 g/mol. The van der Waals surface area contributed by atoms with Crippen molar-refractivity contribution in [2.45, 2.75) is 33.0 Å². The SMILES string of the molecule is CCOc1cc([C@@H]2NC(=O)NC(C)=C2C(=O)OC)ccc1OC[C@@H](O)N/N=C/c1ccc(C)c(Br)c1. The fraction of sp³-hybridized carbons (Fsp3) is 0.320. The fourth-order valence-corrected chi connectivity index (χ4v) is 3.91. The Balaban J connectivity index is 1.70. The number of carbonyl (C=O) groups excluding carboxylic acids is 2. The van der Waals surface area contributed by atoms with Gasteiger partial charge in [-0.1, -0.05) is 34.1 Å². The minimum Gasteiger partial charge on any atom is -0.490 e. The summed E-state index contributed by atoms with van der Waals surface area (Å²) in [6.07, 6.45) is 0.514. The minimum atomic E-state index is -1.08. The minimum absolute atomic E-state index is 0.106. The van der Waals surface area contributed by atoms with Crippen molar-refractivity contribution in [2.24, 2.45) is 5.10 Å². The molecule has 0 fully saturated rings. The molecule has 2 amide bonds. The molecule has 1 heterocycles. The first-order valence-electron chi connectivity index (χ1n) is 11.2. The van der Waals surface area contributed by atoms with E-state index in [1.54, 1.807) is 31.3 Å². The van der Waals surface area contributed by atoms with Crippen LogP contribution in [0.2, 0.25) is 0 Å². The predicted octanol–water partition coefficient (Wildman–Crippen LogP) is 3.28. The number of hydrogen-bond donors (Lipinski definition) is 4. The Labute approximate surface area is 217 Å². The first-order chi connectivity index (χ1) is 17.2. The lowest BCUT2D eigenvalue weighted by Gasteiger charge is -2.28. The molecule has 2 aromatic rings. The summed E-state index contributed by atoms with van der Waals surface area (Å²) in [5.74, 6) is 0.217. The number of urea groups is 1. The summed E-state index contributed by atoms with van der Waals surface area (Å²) in [7, 11) is 1.28. The fourth-order valence-electron chi connectivity index (χ4n) is 3.51. The number of halogens is 1. The zero-order valence-electron chi connectivity index (χ0n) is 20.4. The molecule has 4 N–H and O–H groups in total. The van der Waals surface area contributed by atoms with Gasteiger partial charge in [-0.25, -0.2) is 9.59 Å². The lowest BCUT2D eigenvalue weighted by atomic mass is 9.95. The Bertz CT molecular complexity index is 1180. The Kier molecular flexibility index (Phi) is 9.31. The molecular formula is C25H29BrN4O6. The van der Waals surface area contributed by atoms with Gasteiger partial charge in [0.25, 0.3) is 0 Å². The molecule has 3 rings (SSSR count). The Morgan fingerprint density at radius 3 is 2.69 bits per heavy atom. The van der Waals surface area contributed by atoms with Crippen molar-refractivity contribution >= 4 is 34.1 Å². The van der Waals surface area contributed by atoms with E-state index in [2.05, 4.69) is 37.1 Å². The Morgan fingerprint density at radius 1 is 1.22 bits per heavy atom. The van der Waals surface area contributed by atoms with E-state index in [-0.39, 0.29) is 12.2 Å². The molecule has 0 aliphatic carbocycles. The number of benzene rings is 2. The maximum absolute atomic E-state index is 12.4. The molecule has 2 aromatic carbocycles. The second-order valence-electron chi connectivity index (χ2n) is 7.92. The highest BCUT2D eigenvalue weighted by Gasteiger charge is 2.32. The zero-order chi connectivity index (χ0) is 26.2. The number of allylic oxidation sites excluding steroid dienone is 1. The number of aliphatic hydroxyl groups excluding tert-OH is 1. The van der Waals surface area contributed by atoms with Crippen molar-refractivity contribution in [1.29, 1.82) is 0 Å². The van der Waals surface area contributed by atoms with E-state index >= 15 is 0 Å². The number of amides is 2. The van der Waals surface area contributed by atoms with Gasteiger partial charge in [0.2, 0.25) is 0 Å². The van der Waals surface area contributed by atoms with E-state index < -0.39 is 24.3 Å². The summed E-state index contributed by atoms with van der Waals surface area (Å²) in [5.41, 5.74) is 5.88. The molecule has 2 atom stereocenters. The van der Waals surface area contributed by atoms with Gasteiger partial charge in [-0.15, -0.1) is 0 Å². The summed E-state index contributed by atoms with van der Waals surface area (Å²) in [4.78, 5) is 24.4. The molecule has 0 aromatic heterocycles. The molecule has 0 saturated carbocycles. The van der Waals surface area contributed by atoms with Crippen molar-refractivity contribution in [1.82, 2.24) is 16.1 Å². The number of rotatable bonds is 10. The zero-order valence-corrected chi connectivity index (χ0v) is 22.0. The van der Waals surface area contributed by atoms with Gasteiger partial charge >= 0.3 is 12.0 Å². The molecule has 192 valence electrons. The molecule has 36 heavy (non-hydrogen) atoms. The van der Waals surface area contributed by atoms with Crippen LogP contribution in [0.1, 0.15) is 36.6 Å². The van der Waals surface area contributed by atoms with E-state index in [1.165, 1.54) is 7.11 Å². The first-order valence-corrected chi connectivity index (χ1v) is 12.0. The van der Waals surface area contributed by atoms with Crippen LogP contribution in [-0.2, 0) is 9.53 Å². The van der Waals surface area contributed by atoms with E-state index in [0.29, 0.717) is 29.4 Å². The van der Waals surface area contributed by atoms with Crippen LogP contribution in [-0.4, -0.2) is 49.9 Å². The number of methoxy groups -OCH3 is 1.